The molecule has 0 amide bonds. The molecule has 0 aromatic heterocycles. The Hall–Kier alpha value is -1.17. The van der Waals surface area contributed by atoms with Gasteiger partial charge >= 0.3 is 29.6 Å². The van der Waals surface area contributed by atoms with Gasteiger partial charge < -0.3 is 15.1 Å². The number of nitrogens with zero attached hydrogens (tertiary/aromatic N) is 1. The molecular formula is C9H10NNaO4. The maximum Gasteiger partial charge on any atom is 1.00 e. The Labute approximate surface area is 110 Å². The molecule has 1 aromatic rings. The third kappa shape index (κ3) is 12.8. The zero-order chi connectivity index (χ0) is 11.4. The van der Waals surface area contributed by atoms with Crippen molar-refractivity contribution in [2.45, 2.75) is 0 Å². The standard InChI is InChI=1S/C7H6O2.C2H4.HNO2.Na/c8-7(9)6-4-2-1-3-5-6;1-2;2-1-3;/h1-5H,(H,8,9);1-2H2;(H,2,3);/q;;;+1/p-1. The molecule has 0 aliphatic heterocycles. The number of benzene rings is 1. The number of hydrogen-bond donors (Lipinski definition) is 1. The van der Waals surface area contributed by atoms with Crippen LogP contribution in [0.25, 0.3) is 0 Å². The van der Waals surface area contributed by atoms with Crippen molar-refractivity contribution in [3.8, 4) is 0 Å². The average molecular weight is 219 g/mol. The number of carbonyl (C=O) groups excluding carboxylic acids is 1. The van der Waals surface area contributed by atoms with Crippen LogP contribution >= 0.6 is 0 Å². The minimum atomic E-state index is -1.13. The summed E-state index contributed by atoms with van der Waals surface area (Å²) >= 11 is 0. The van der Waals surface area contributed by atoms with E-state index in [1.165, 1.54) is 17.5 Å². The van der Waals surface area contributed by atoms with Crippen LogP contribution in [-0.2, 0) is 0 Å². The molecule has 6 heteroatoms. The van der Waals surface area contributed by atoms with Crippen molar-refractivity contribution in [2.75, 3.05) is 0 Å². The van der Waals surface area contributed by atoms with Crippen molar-refractivity contribution in [1.29, 1.82) is 0 Å². The van der Waals surface area contributed by atoms with Gasteiger partial charge in [-0.05, 0) is 5.56 Å². The van der Waals surface area contributed by atoms with Crippen LogP contribution in [0.2, 0.25) is 0 Å². The first-order chi connectivity index (χ1) is 6.72. The SMILES string of the molecule is C=C.O=C([O-])c1ccccc1.O=NO.[Na+]. The monoisotopic (exact) mass is 219 g/mol. The quantitative estimate of drug-likeness (QED) is 0.256. The number of carbonyl (C=O) groups is 1. The van der Waals surface area contributed by atoms with E-state index in [2.05, 4.69) is 13.2 Å². The second kappa shape index (κ2) is 15.3. The maximum absolute atomic E-state index is 10.1. The molecule has 5 nitrogen and oxygen atoms in total. The molecule has 76 valence electrons. The molecule has 1 N–H and O–H groups in total. The number of hydrogen-bond acceptors (Lipinski definition) is 4. The second-order valence-corrected chi connectivity index (χ2v) is 1.74. The molecule has 1 aromatic carbocycles. The van der Waals surface area contributed by atoms with Gasteiger partial charge in [0.2, 0.25) is 0 Å². The molecule has 15 heavy (non-hydrogen) atoms. The van der Waals surface area contributed by atoms with Crippen molar-refractivity contribution >= 4 is 5.97 Å². The summed E-state index contributed by atoms with van der Waals surface area (Å²) in [5.74, 6) is -1.13. The van der Waals surface area contributed by atoms with Crippen LogP contribution in [0, 0.1) is 4.91 Å². The normalized spacial score (nSPS) is 6.40. The van der Waals surface area contributed by atoms with Crippen LogP contribution in [0.4, 0.5) is 0 Å². The van der Waals surface area contributed by atoms with E-state index in [1.807, 2.05) is 0 Å². The fraction of sp³-hybridized carbons (Fsp3) is 0. The minimum absolute atomic E-state index is 0. The molecule has 0 aliphatic carbocycles. The molecule has 0 aliphatic rings. The first-order valence-corrected chi connectivity index (χ1v) is 3.45. The average Bonchev–Trinajstić information content (AvgIpc) is 2.23. The Morgan fingerprint density at radius 1 is 1.27 bits per heavy atom. The Morgan fingerprint density at radius 3 is 1.80 bits per heavy atom. The molecule has 0 bridgehead atoms. The van der Waals surface area contributed by atoms with E-state index in [-0.39, 0.29) is 35.1 Å². The van der Waals surface area contributed by atoms with Gasteiger partial charge in [-0.2, -0.15) is 0 Å². The van der Waals surface area contributed by atoms with E-state index >= 15 is 0 Å². The summed E-state index contributed by atoms with van der Waals surface area (Å²) in [6.07, 6.45) is 0. The number of carboxylic acids is 1. The summed E-state index contributed by atoms with van der Waals surface area (Å²) in [6, 6.07) is 8.06. The summed E-state index contributed by atoms with van der Waals surface area (Å²) in [4.78, 5) is 18.2. The Bertz CT molecular complexity index is 266. The zero-order valence-electron chi connectivity index (χ0n) is 8.42. The third-order valence-corrected chi connectivity index (χ3v) is 1.01. The van der Waals surface area contributed by atoms with E-state index in [0.29, 0.717) is 0 Å². The molecule has 0 saturated heterocycles. The summed E-state index contributed by atoms with van der Waals surface area (Å²) in [5, 5.41) is 18.0. The first-order valence-electron chi connectivity index (χ1n) is 3.45. The van der Waals surface area contributed by atoms with Gasteiger partial charge in [0, 0.05) is 0 Å². The maximum atomic E-state index is 10.1. The Kier molecular flexibility index (Phi) is 19.8. The Morgan fingerprint density at radius 2 is 1.60 bits per heavy atom. The van der Waals surface area contributed by atoms with Gasteiger partial charge in [0.15, 0.2) is 5.34 Å². The molecule has 0 radical (unpaired) electrons. The largest absolute Gasteiger partial charge is 1.00 e. The molecule has 0 heterocycles. The molecular weight excluding hydrogens is 209 g/mol. The molecule has 0 fully saturated rings. The predicted octanol–water partition coefficient (Wildman–Crippen LogP) is -2.00. The van der Waals surface area contributed by atoms with Crippen LogP contribution < -0.4 is 34.7 Å². The van der Waals surface area contributed by atoms with Crippen LogP contribution in [0.15, 0.2) is 48.8 Å². The number of aromatic carboxylic acids is 1. The van der Waals surface area contributed by atoms with E-state index in [1.54, 1.807) is 18.2 Å². The van der Waals surface area contributed by atoms with Gasteiger partial charge in [-0.1, -0.05) is 30.3 Å². The fourth-order valence-electron chi connectivity index (χ4n) is 0.574. The van der Waals surface area contributed by atoms with Crippen molar-refractivity contribution in [1.82, 2.24) is 0 Å². The smallest absolute Gasteiger partial charge is 0.545 e. The summed E-state index contributed by atoms with van der Waals surface area (Å²) in [7, 11) is 0. The third-order valence-electron chi connectivity index (χ3n) is 1.01. The summed E-state index contributed by atoms with van der Waals surface area (Å²) in [6.45, 7) is 6.00. The van der Waals surface area contributed by atoms with Crippen LogP contribution in [0.5, 0.6) is 0 Å². The molecule has 0 unspecified atom stereocenters. The van der Waals surface area contributed by atoms with Crippen molar-refractivity contribution in [3.05, 3.63) is 54.0 Å². The molecule has 0 atom stereocenters. The number of rotatable bonds is 1. The summed E-state index contributed by atoms with van der Waals surface area (Å²) < 4.78 is 0. The van der Waals surface area contributed by atoms with Gasteiger partial charge in [-0.3, -0.25) is 0 Å². The van der Waals surface area contributed by atoms with Gasteiger partial charge in [-0.25, -0.2) is 0 Å². The minimum Gasteiger partial charge on any atom is -0.545 e. The molecule has 1 rings (SSSR count). The molecule has 0 saturated carbocycles. The van der Waals surface area contributed by atoms with Crippen molar-refractivity contribution < 1.29 is 44.7 Å². The van der Waals surface area contributed by atoms with Crippen LogP contribution in [0.1, 0.15) is 10.4 Å². The van der Waals surface area contributed by atoms with Crippen molar-refractivity contribution in [2.24, 2.45) is 5.34 Å². The van der Waals surface area contributed by atoms with Crippen LogP contribution in [-0.4, -0.2) is 11.2 Å². The van der Waals surface area contributed by atoms with E-state index < -0.39 is 5.97 Å². The van der Waals surface area contributed by atoms with Crippen molar-refractivity contribution in [3.63, 3.8) is 0 Å². The Balaban J connectivity index is -0.000000209. The van der Waals surface area contributed by atoms with Gasteiger partial charge in [0.25, 0.3) is 0 Å². The van der Waals surface area contributed by atoms with Gasteiger partial charge in [0.05, 0.1) is 5.97 Å². The molecule has 0 spiro atoms. The van der Waals surface area contributed by atoms with E-state index in [0.717, 1.165) is 0 Å². The van der Waals surface area contributed by atoms with Gasteiger partial charge in [0.1, 0.15) is 0 Å². The zero-order valence-corrected chi connectivity index (χ0v) is 10.4. The fourth-order valence-corrected chi connectivity index (χ4v) is 0.574. The first kappa shape index (κ1) is 19.4. The van der Waals surface area contributed by atoms with E-state index in [4.69, 9.17) is 10.1 Å². The van der Waals surface area contributed by atoms with Gasteiger partial charge in [-0.15, -0.1) is 18.1 Å². The van der Waals surface area contributed by atoms with E-state index in [9.17, 15) is 9.90 Å². The topological polar surface area (TPSA) is 89.8 Å². The number of carboxylic acid groups (broad SMARTS) is 1. The second-order valence-electron chi connectivity index (χ2n) is 1.74. The summed E-state index contributed by atoms with van der Waals surface area (Å²) in [5.41, 5.74) is 0.220. The predicted molar refractivity (Wildman–Crippen MR) is 49.6 cm³/mol. The van der Waals surface area contributed by atoms with Crippen LogP contribution in [0.3, 0.4) is 0 Å².